The number of hydrogen-bond acceptors (Lipinski definition) is 4. The molecule has 4 rings (SSSR count). The van der Waals surface area contributed by atoms with Crippen LogP contribution in [0.15, 0.2) is 65.1 Å². The molecule has 1 aromatic heterocycles. The Bertz CT molecular complexity index is 1360. The molecule has 0 aliphatic carbocycles. The van der Waals surface area contributed by atoms with Crippen LogP contribution in [-0.4, -0.2) is 18.0 Å². The molecule has 0 aliphatic rings. The van der Waals surface area contributed by atoms with Crippen molar-refractivity contribution in [3.63, 3.8) is 0 Å². The van der Waals surface area contributed by atoms with E-state index in [4.69, 9.17) is 32.4 Å². The Morgan fingerprint density at radius 3 is 2.62 bits per heavy atom. The maximum atomic E-state index is 12.4. The van der Waals surface area contributed by atoms with E-state index in [-0.39, 0.29) is 5.91 Å². The van der Waals surface area contributed by atoms with Crippen LogP contribution in [0.2, 0.25) is 10.0 Å². The molecule has 0 bridgehead atoms. The molecule has 0 radical (unpaired) electrons. The van der Waals surface area contributed by atoms with Gasteiger partial charge in [0.25, 0.3) is 0 Å². The highest BCUT2D eigenvalue weighted by Gasteiger charge is 2.12. The Kier molecular flexibility index (Phi) is 7.25. The number of methoxy groups -OCH3 is 1. The number of ether oxygens (including phenoxy) is 1. The first-order valence-corrected chi connectivity index (χ1v) is 11.7. The molecule has 0 unspecified atom stereocenters. The quantitative estimate of drug-likeness (QED) is 0.264. The number of benzene rings is 3. The summed E-state index contributed by atoms with van der Waals surface area (Å²) in [4.78, 5) is 17.0. The molecule has 1 heterocycles. The van der Waals surface area contributed by atoms with E-state index in [1.54, 1.807) is 30.3 Å². The van der Waals surface area contributed by atoms with Gasteiger partial charge in [-0.1, -0.05) is 43.1 Å². The van der Waals surface area contributed by atoms with Crippen molar-refractivity contribution >= 4 is 52.0 Å². The standard InChI is InChI=1S/C27H24Cl2N2O3/c1-4-16(2)18-7-11-24-23(14-18)31-27(34-24)17-5-9-21(10-6-17)30-25(32)12-8-19-13-20(28)15-22(29)26(19)33-3/h5-16H,4H2,1-3H3,(H,30,32)/b12-8+/t16-/m1/s1. The number of carbonyl (C=O) groups is 1. The molecule has 0 saturated carbocycles. The molecule has 1 N–H and O–H groups in total. The van der Waals surface area contributed by atoms with Gasteiger partial charge in [0.1, 0.15) is 11.3 Å². The van der Waals surface area contributed by atoms with E-state index in [2.05, 4.69) is 36.3 Å². The first-order chi connectivity index (χ1) is 16.4. The lowest BCUT2D eigenvalue weighted by Crippen LogP contribution is -2.07. The van der Waals surface area contributed by atoms with Crippen LogP contribution in [0.3, 0.4) is 0 Å². The number of hydrogen-bond donors (Lipinski definition) is 1. The number of nitrogens with one attached hydrogen (secondary N) is 1. The Labute approximate surface area is 208 Å². The van der Waals surface area contributed by atoms with Crippen molar-refractivity contribution in [3.8, 4) is 17.2 Å². The molecule has 0 fully saturated rings. The third-order valence-corrected chi connectivity index (χ3v) is 6.15. The van der Waals surface area contributed by atoms with Gasteiger partial charge < -0.3 is 14.5 Å². The van der Waals surface area contributed by atoms with E-state index >= 15 is 0 Å². The van der Waals surface area contributed by atoms with E-state index in [1.165, 1.54) is 18.7 Å². The fourth-order valence-electron chi connectivity index (χ4n) is 3.58. The van der Waals surface area contributed by atoms with Crippen molar-refractivity contribution in [1.29, 1.82) is 0 Å². The van der Waals surface area contributed by atoms with Gasteiger partial charge in [-0.05, 0) is 72.5 Å². The molecule has 174 valence electrons. The molecule has 7 heteroatoms. The third-order valence-electron chi connectivity index (χ3n) is 5.65. The average molecular weight is 495 g/mol. The van der Waals surface area contributed by atoms with E-state index in [0.717, 1.165) is 23.1 Å². The van der Waals surface area contributed by atoms with Crippen LogP contribution < -0.4 is 10.1 Å². The zero-order chi connectivity index (χ0) is 24.2. The Balaban J connectivity index is 1.47. The zero-order valence-corrected chi connectivity index (χ0v) is 20.6. The van der Waals surface area contributed by atoms with Gasteiger partial charge in [-0.2, -0.15) is 0 Å². The van der Waals surface area contributed by atoms with Gasteiger partial charge >= 0.3 is 0 Å². The molecule has 0 spiro atoms. The topological polar surface area (TPSA) is 64.4 Å². The number of rotatable bonds is 7. The molecular formula is C27H24Cl2N2O3. The second kappa shape index (κ2) is 10.3. The van der Waals surface area contributed by atoms with E-state index in [1.807, 2.05) is 18.2 Å². The lowest BCUT2D eigenvalue weighted by Gasteiger charge is -2.08. The van der Waals surface area contributed by atoms with Crippen molar-refractivity contribution in [2.24, 2.45) is 0 Å². The smallest absolute Gasteiger partial charge is 0.248 e. The number of anilines is 1. The normalized spacial score (nSPS) is 12.3. The maximum Gasteiger partial charge on any atom is 0.248 e. The van der Waals surface area contributed by atoms with E-state index < -0.39 is 0 Å². The van der Waals surface area contributed by atoms with Crippen molar-refractivity contribution < 1.29 is 13.9 Å². The molecule has 3 aromatic carbocycles. The van der Waals surface area contributed by atoms with Crippen LogP contribution in [0.5, 0.6) is 5.75 Å². The van der Waals surface area contributed by atoms with Crippen LogP contribution >= 0.6 is 23.2 Å². The number of oxazole rings is 1. The number of nitrogens with zero attached hydrogens (tertiary/aromatic N) is 1. The van der Waals surface area contributed by atoms with Gasteiger partial charge in [0.15, 0.2) is 5.58 Å². The maximum absolute atomic E-state index is 12.4. The van der Waals surface area contributed by atoms with Gasteiger partial charge in [-0.25, -0.2) is 4.98 Å². The minimum Gasteiger partial charge on any atom is -0.495 e. The molecule has 34 heavy (non-hydrogen) atoms. The predicted octanol–water partition coefficient (Wildman–Crippen LogP) is 7.98. The monoisotopic (exact) mass is 494 g/mol. The van der Waals surface area contributed by atoms with Crippen LogP contribution in [0, 0.1) is 0 Å². The number of halogens is 2. The number of amides is 1. The molecule has 1 atom stereocenters. The number of fused-ring (bicyclic) bond motifs is 1. The summed E-state index contributed by atoms with van der Waals surface area (Å²) < 4.78 is 11.2. The van der Waals surface area contributed by atoms with Crippen LogP contribution in [0.1, 0.15) is 37.3 Å². The van der Waals surface area contributed by atoms with Crippen molar-refractivity contribution in [2.75, 3.05) is 12.4 Å². The minimum absolute atomic E-state index is 0.301. The third kappa shape index (κ3) is 5.27. The lowest BCUT2D eigenvalue weighted by atomic mass is 9.98. The van der Waals surface area contributed by atoms with E-state index in [9.17, 15) is 4.79 Å². The zero-order valence-electron chi connectivity index (χ0n) is 19.1. The summed E-state index contributed by atoms with van der Waals surface area (Å²) >= 11 is 12.2. The Hall–Kier alpha value is -3.28. The largest absolute Gasteiger partial charge is 0.495 e. The average Bonchev–Trinajstić information content (AvgIpc) is 3.26. The summed E-state index contributed by atoms with van der Waals surface area (Å²) in [6, 6.07) is 16.7. The van der Waals surface area contributed by atoms with Gasteiger partial charge in [-0.15, -0.1) is 0 Å². The highest BCUT2D eigenvalue weighted by molar-refractivity contribution is 6.36. The predicted molar refractivity (Wildman–Crippen MR) is 139 cm³/mol. The van der Waals surface area contributed by atoms with Gasteiger partial charge in [0, 0.05) is 27.9 Å². The number of carbonyl (C=O) groups excluding carboxylic acids is 1. The van der Waals surface area contributed by atoms with Crippen molar-refractivity contribution in [2.45, 2.75) is 26.2 Å². The first kappa shape index (κ1) is 23.9. The van der Waals surface area contributed by atoms with Gasteiger partial charge in [0.2, 0.25) is 11.8 Å². The summed E-state index contributed by atoms with van der Waals surface area (Å²) in [5.41, 5.74) is 4.92. The Morgan fingerprint density at radius 2 is 1.91 bits per heavy atom. The van der Waals surface area contributed by atoms with Crippen LogP contribution in [-0.2, 0) is 4.79 Å². The minimum atomic E-state index is -0.301. The van der Waals surface area contributed by atoms with Crippen molar-refractivity contribution in [1.82, 2.24) is 4.98 Å². The Morgan fingerprint density at radius 1 is 1.15 bits per heavy atom. The van der Waals surface area contributed by atoms with Gasteiger partial charge in [-0.3, -0.25) is 4.79 Å². The molecule has 0 aliphatic heterocycles. The fourth-order valence-corrected chi connectivity index (χ4v) is 4.16. The SMILES string of the molecule is CC[C@@H](C)c1ccc2oc(-c3ccc(NC(=O)/C=C/c4cc(Cl)cc(Cl)c4OC)cc3)nc2c1. The highest BCUT2D eigenvalue weighted by Crippen LogP contribution is 2.33. The molecule has 4 aromatic rings. The first-order valence-electron chi connectivity index (χ1n) is 10.9. The van der Waals surface area contributed by atoms with Crippen LogP contribution in [0.4, 0.5) is 5.69 Å². The summed E-state index contributed by atoms with van der Waals surface area (Å²) in [6.45, 7) is 4.37. The summed E-state index contributed by atoms with van der Waals surface area (Å²) in [5.74, 6) is 1.16. The highest BCUT2D eigenvalue weighted by atomic mass is 35.5. The van der Waals surface area contributed by atoms with E-state index in [0.29, 0.717) is 38.9 Å². The lowest BCUT2D eigenvalue weighted by molar-refractivity contribution is -0.111. The van der Waals surface area contributed by atoms with Crippen LogP contribution in [0.25, 0.3) is 28.6 Å². The van der Waals surface area contributed by atoms with Crippen molar-refractivity contribution in [3.05, 3.63) is 81.8 Å². The summed E-state index contributed by atoms with van der Waals surface area (Å²) in [6.07, 6.45) is 4.07. The second-order valence-electron chi connectivity index (χ2n) is 7.97. The molecular weight excluding hydrogens is 471 g/mol. The van der Waals surface area contributed by atoms with Gasteiger partial charge in [0.05, 0.1) is 12.1 Å². The molecule has 0 saturated heterocycles. The molecule has 5 nitrogen and oxygen atoms in total. The number of aromatic nitrogens is 1. The fraction of sp³-hybridized carbons (Fsp3) is 0.185. The molecule has 1 amide bonds. The second-order valence-corrected chi connectivity index (χ2v) is 8.81. The summed E-state index contributed by atoms with van der Waals surface area (Å²) in [7, 11) is 1.51. The summed E-state index contributed by atoms with van der Waals surface area (Å²) in [5, 5.41) is 3.66.